The molecule has 0 unspecified atom stereocenters. The van der Waals surface area contributed by atoms with Crippen molar-refractivity contribution < 1.29 is 9.84 Å². The molecule has 2 aromatic rings. The number of aliphatic hydroxyl groups excluding tert-OH is 1. The summed E-state index contributed by atoms with van der Waals surface area (Å²) in [5.74, 6) is 0.390. The van der Waals surface area contributed by atoms with E-state index in [4.69, 9.17) is 4.74 Å². The maximum atomic E-state index is 10.6. The first-order valence-corrected chi connectivity index (χ1v) is 7.97. The van der Waals surface area contributed by atoms with Gasteiger partial charge in [0.2, 0.25) is 0 Å². The fraction of sp³-hybridized carbons (Fsp3) is 0.444. The first kappa shape index (κ1) is 14.0. The Morgan fingerprint density at radius 1 is 1.23 bits per heavy atom. The third-order valence-corrected chi connectivity index (χ3v) is 5.02. The summed E-state index contributed by atoms with van der Waals surface area (Å²) in [6, 6.07) is 14.6. The van der Waals surface area contributed by atoms with Gasteiger partial charge in [0.1, 0.15) is 5.60 Å². The molecule has 0 aliphatic carbocycles. The molecule has 4 rings (SSSR count). The number of aromatic amines is 1. The quantitative estimate of drug-likeness (QED) is 0.912. The van der Waals surface area contributed by atoms with Gasteiger partial charge in [0.15, 0.2) is 0 Å². The van der Waals surface area contributed by atoms with Crippen LogP contribution in [0.25, 0.3) is 0 Å². The molecule has 4 nitrogen and oxygen atoms in total. The molecule has 2 aliphatic heterocycles. The largest absolute Gasteiger partial charge is 0.389 e. The molecule has 2 fully saturated rings. The van der Waals surface area contributed by atoms with E-state index in [1.165, 1.54) is 11.3 Å². The lowest BCUT2D eigenvalue weighted by molar-refractivity contribution is -0.0594. The average Bonchev–Trinajstić information content (AvgIpc) is 3.24. The second-order valence-corrected chi connectivity index (χ2v) is 6.57. The van der Waals surface area contributed by atoms with Crippen molar-refractivity contribution in [2.24, 2.45) is 0 Å². The summed E-state index contributed by atoms with van der Waals surface area (Å²) >= 11 is 0. The monoisotopic (exact) mass is 298 g/mol. The van der Waals surface area contributed by atoms with Crippen molar-refractivity contribution in [2.75, 3.05) is 19.7 Å². The van der Waals surface area contributed by atoms with Gasteiger partial charge in [-0.2, -0.15) is 0 Å². The molecule has 3 heterocycles. The van der Waals surface area contributed by atoms with Crippen LogP contribution in [0.4, 0.5) is 0 Å². The number of benzene rings is 1. The van der Waals surface area contributed by atoms with Crippen LogP contribution in [0.2, 0.25) is 0 Å². The minimum absolute atomic E-state index is 0.390. The van der Waals surface area contributed by atoms with Crippen LogP contribution in [0.1, 0.15) is 23.6 Å². The number of ether oxygens (including phenoxy) is 1. The summed E-state index contributed by atoms with van der Waals surface area (Å²) in [5.41, 5.74) is 2.10. The Hall–Kier alpha value is -1.62. The smallest absolute Gasteiger partial charge is 0.109 e. The maximum absolute atomic E-state index is 10.6. The molecule has 1 aromatic carbocycles. The first-order chi connectivity index (χ1) is 10.8. The van der Waals surface area contributed by atoms with E-state index in [1.54, 1.807) is 0 Å². The topological polar surface area (TPSA) is 48.5 Å². The number of rotatable bonds is 3. The van der Waals surface area contributed by atoms with E-state index in [9.17, 15) is 5.11 Å². The number of likely N-dealkylation sites (tertiary alicyclic amines) is 1. The lowest BCUT2D eigenvalue weighted by Crippen LogP contribution is -2.41. The summed E-state index contributed by atoms with van der Waals surface area (Å²) < 4.78 is 6.13. The molecule has 116 valence electrons. The van der Waals surface area contributed by atoms with Crippen molar-refractivity contribution in [1.29, 1.82) is 0 Å². The van der Waals surface area contributed by atoms with Crippen molar-refractivity contribution in [3.63, 3.8) is 0 Å². The lowest BCUT2D eigenvalue weighted by atomic mass is 9.87. The van der Waals surface area contributed by atoms with E-state index in [2.05, 4.69) is 40.2 Å². The van der Waals surface area contributed by atoms with Crippen molar-refractivity contribution >= 4 is 0 Å². The zero-order valence-electron chi connectivity index (χ0n) is 12.6. The zero-order chi connectivity index (χ0) is 15.0. The predicted octanol–water partition coefficient (Wildman–Crippen LogP) is 2.13. The summed E-state index contributed by atoms with van der Waals surface area (Å²) in [6.07, 6.45) is 2.44. The van der Waals surface area contributed by atoms with Crippen molar-refractivity contribution in [3.8, 4) is 0 Å². The second kappa shape index (κ2) is 5.54. The fourth-order valence-electron chi connectivity index (χ4n) is 3.87. The number of aromatic nitrogens is 1. The van der Waals surface area contributed by atoms with E-state index in [0.29, 0.717) is 19.1 Å². The molecule has 0 saturated carbocycles. The summed E-state index contributed by atoms with van der Waals surface area (Å²) in [7, 11) is 0. The number of aliphatic hydroxyl groups is 1. The van der Waals surface area contributed by atoms with Gasteiger partial charge < -0.3 is 14.8 Å². The lowest BCUT2D eigenvalue weighted by Gasteiger charge is -2.26. The Morgan fingerprint density at radius 3 is 2.86 bits per heavy atom. The number of nitrogens with one attached hydrogen (secondary N) is 1. The highest BCUT2D eigenvalue weighted by Crippen LogP contribution is 2.42. The van der Waals surface area contributed by atoms with E-state index in [-0.39, 0.29) is 0 Å². The standard InChI is InChI=1S/C18H22N2O2/c21-17-11-20(10-16-7-4-8-19-16)13-18(17)9-15(12-22-18)14-5-2-1-3-6-14/h1-8,15,17,19,21H,9-13H2/t15-,17+,18+/m0/s1. The molecule has 2 saturated heterocycles. The molecule has 3 atom stereocenters. The normalized spacial score (nSPS) is 32.0. The molecule has 0 bridgehead atoms. The van der Waals surface area contributed by atoms with Gasteiger partial charge in [-0.05, 0) is 24.1 Å². The number of hydrogen-bond donors (Lipinski definition) is 2. The molecular weight excluding hydrogens is 276 g/mol. The van der Waals surface area contributed by atoms with Gasteiger partial charge in [0, 0.05) is 37.4 Å². The predicted molar refractivity (Wildman–Crippen MR) is 84.6 cm³/mol. The minimum atomic E-state index is -0.406. The van der Waals surface area contributed by atoms with Gasteiger partial charge >= 0.3 is 0 Å². The van der Waals surface area contributed by atoms with Crippen LogP contribution < -0.4 is 0 Å². The van der Waals surface area contributed by atoms with Crippen LogP contribution >= 0.6 is 0 Å². The van der Waals surface area contributed by atoms with Crippen molar-refractivity contribution in [2.45, 2.75) is 30.6 Å². The molecular formula is C18H22N2O2. The molecule has 0 radical (unpaired) electrons. The molecule has 1 aromatic heterocycles. The minimum Gasteiger partial charge on any atom is -0.389 e. The number of β-amino-alcohol motifs (C(OH)–C–C–N with tert-alkyl or cyclic N) is 1. The van der Waals surface area contributed by atoms with Crippen LogP contribution in [-0.2, 0) is 11.3 Å². The van der Waals surface area contributed by atoms with Gasteiger partial charge in [0.25, 0.3) is 0 Å². The van der Waals surface area contributed by atoms with Gasteiger partial charge in [-0.3, -0.25) is 4.90 Å². The Morgan fingerprint density at radius 2 is 2.09 bits per heavy atom. The molecule has 22 heavy (non-hydrogen) atoms. The third kappa shape index (κ3) is 2.47. The first-order valence-electron chi connectivity index (χ1n) is 7.97. The number of nitrogens with zero attached hydrogens (tertiary/aromatic N) is 1. The molecule has 1 spiro atoms. The summed E-state index contributed by atoms with van der Waals surface area (Å²) in [6.45, 7) is 3.03. The van der Waals surface area contributed by atoms with Gasteiger partial charge in [0.05, 0.1) is 12.7 Å². The van der Waals surface area contributed by atoms with E-state index in [0.717, 1.165) is 19.5 Å². The average molecular weight is 298 g/mol. The molecule has 0 amide bonds. The number of hydrogen-bond acceptors (Lipinski definition) is 3. The highest BCUT2D eigenvalue weighted by atomic mass is 16.5. The summed E-state index contributed by atoms with van der Waals surface area (Å²) in [5, 5.41) is 10.6. The number of H-pyrrole nitrogens is 1. The van der Waals surface area contributed by atoms with Gasteiger partial charge in [-0.1, -0.05) is 30.3 Å². The zero-order valence-corrected chi connectivity index (χ0v) is 12.6. The van der Waals surface area contributed by atoms with Crippen LogP contribution in [0.3, 0.4) is 0 Å². The van der Waals surface area contributed by atoms with Crippen LogP contribution in [0.15, 0.2) is 48.7 Å². The van der Waals surface area contributed by atoms with Crippen LogP contribution in [0.5, 0.6) is 0 Å². The fourth-order valence-corrected chi connectivity index (χ4v) is 3.87. The molecule has 4 heteroatoms. The van der Waals surface area contributed by atoms with Crippen LogP contribution in [-0.4, -0.2) is 46.4 Å². The van der Waals surface area contributed by atoms with Gasteiger partial charge in [-0.25, -0.2) is 0 Å². The van der Waals surface area contributed by atoms with Crippen molar-refractivity contribution in [1.82, 2.24) is 9.88 Å². The van der Waals surface area contributed by atoms with Gasteiger partial charge in [-0.15, -0.1) is 0 Å². The molecule has 2 aliphatic rings. The van der Waals surface area contributed by atoms with Crippen LogP contribution in [0, 0.1) is 0 Å². The Kier molecular flexibility index (Phi) is 3.53. The highest BCUT2D eigenvalue weighted by molar-refractivity contribution is 5.23. The Balaban J connectivity index is 1.46. The third-order valence-electron chi connectivity index (χ3n) is 5.02. The molecule has 2 N–H and O–H groups in total. The van der Waals surface area contributed by atoms with Crippen molar-refractivity contribution in [3.05, 3.63) is 59.9 Å². The van der Waals surface area contributed by atoms with E-state index < -0.39 is 11.7 Å². The Bertz CT molecular complexity index is 613. The Labute approximate surface area is 130 Å². The highest BCUT2D eigenvalue weighted by Gasteiger charge is 2.51. The summed E-state index contributed by atoms with van der Waals surface area (Å²) in [4.78, 5) is 5.51. The second-order valence-electron chi connectivity index (χ2n) is 6.57. The maximum Gasteiger partial charge on any atom is 0.109 e. The van der Waals surface area contributed by atoms with E-state index >= 15 is 0 Å². The SMILES string of the molecule is O[C@@H]1CN(Cc2ccc[nH]2)C[C@]12C[C@H](c1ccccc1)CO2. The van der Waals surface area contributed by atoms with E-state index in [1.807, 2.05) is 18.3 Å².